The molecule has 0 aliphatic heterocycles. The van der Waals surface area contributed by atoms with Gasteiger partial charge in [-0.25, -0.2) is 0 Å². The molecular formula is C12H13F3N2O. The van der Waals surface area contributed by atoms with Gasteiger partial charge in [-0.1, -0.05) is 18.2 Å². The van der Waals surface area contributed by atoms with Gasteiger partial charge in [0.05, 0.1) is 5.56 Å². The molecule has 18 heavy (non-hydrogen) atoms. The van der Waals surface area contributed by atoms with Crippen molar-refractivity contribution in [1.82, 2.24) is 5.32 Å². The highest BCUT2D eigenvalue weighted by Crippen LogP contribution is 2.35. The van der Waals surface area contributed by atoms with E-state index in [1.165, 1.54) is 18.2 Å². The predicted octanol–water partition coefficient (Wildman–Crippen LogP) is 1.98. The predicted molar refractivity (Wildman–Crippen MR) is 59.5 cm³/mol. The first kappa shape index (κ1) is 12.9. The number of benzene rings is 1. The van der Waals surface area contributed by atoms with E-state index in [0.717, 1.165) is 18.9 Å². The summed E-state index contributed by atoms with van der Waals surface area (Å²) in [4.78, 5) is 11.3. The van der Waals surface area contributed by atoms with Crippen LogP contribution >= 0.6 is 0 Å². The first-order valence-corrected chi connectivity index (χ1v) is 5.61. The van der Waals surface area contributed by atoms with Crippen LogP contribution in [0.1, 0.15) is 30.0 Å². The molecule has 1 atom stereocenters. The number of rotatable bonds is 4. The van der Waals surface area contributed by atoms with Crippen LogP contribution in [-0.4, -0.2) is 11.9 Å². The highest BCUT2D eigenvalue weighted by molar-refractivity contribution is 5.82. The lowest BCUT2D eigenvalue weighted by molar-refractivity contribution is -0.138. The summed E-state index contributed by atoms with van der Waals surface area (Å²) in [5.74, 6) is -0.793. The second kappa shape index (κ2) is 4.61. The Morgan fingerprint density at radius 2 is 1.94 bits per heavy atom. The van der Waals surface area contributed by atoms with E-state index in [-0.39, 0.29) is 11.6 Å². The molecule has 1 unspecified atom stereocenters. The summed E-state index contributed by atoms with van der Waals surface area (Å²) in [7, 11) is 0. The van der Waals surface area contributed by atoms with Crippen molar-refractivity contribution in [3.05, 3.63) is 35.4 Å². The van der Waals surface area contributed by atoms with Gasteiger partial charge in [-0.05, 0) is 24.5 Å². The summed E-state index contributed by atoms with van der Waals surface area (Å²) in [5.41, 5.74) is 4.26. The normalized spacial score (nSPS) is 17.5. The molecule has 3 nitrogen and oxygen atoms in total. The van der Waals surface area contributed by atoms with Crippen LogP contribution in [0.3, 0.4) is 0 Å². The second-order valence-electron chi connectivity index (χ2n) is 4.36. The minimum Gasteiger partial charge on any atom is -0.368 e. The third kappa shape index (κ3) is 2.81. The SMILES string of the molecule is NC(=O)C(NC1CC1)c1ccccc1C(F)(F)F. The van der Waals surface area contributed by atoms with Crippen molar-refractivity contribution < 1.29 is 18.0 Å². The van der Waals surface area contributed by atoms with Gasteiger partial charge in [-0.3, -0.25) is 10.1 Å². The number of amides is 1. The van der Waals surface area contributed by atoms with Gasteiger partial charge in [0, 0.05) is 6.04 Å². The Bertz CT molecular complexity index is 455. The summed E-state index contributed by atoms with van der Waals surface area (Å²) < 4.78 is 38.5. The van der Waals surface area contributed by atoms with Crippen molar-refractivity contribution in [3.63, 3.8) is 0 Å². The molecule has 3 N–H and O–H groups in total. The lowest BCUT2D eigenvalue weighted by Gasteiger charge is -2.20. The van der Waals surface area contributed by atoms with Crippen molar-refractivity contribution >= 4 is 5.91 Å². The third-order valence-electron chi connectivity index (χ3n) is 2.84. The number of hydrogen-bond acceptors (Lipinski definition) is 2. The summed E-state index contributed by atoms with van der Waals surface area (Å²) in [5, 5.41) is 2.84. The molecule has 0 radical (unpaired) electrons. The fourth-order valence-electron chi connectivity index (χ4n) is 1.82. The van der Waals surface area contributed by atoms with Crippen LogP contribution < -0.4 is 11.1 Å². The second-order valence-corrected chi connectivity index (χ2v) is 4.36. The summed E-state index contributed by atoms with van der Waals surface area (Å²) in [6.07, 6.45) is -2.77. The number of primary amides is 1. The molecule has 1 fully saturated rings. The monoisotopic (exact) mass is 258 g/mol. The smallest absolute Gasteiger partial charge is 0.368 e. The van der Waals surface area contributed by atoms with Crippen LogP contribution in [0.2, 0.25) is 0 Å². The van der Waals surface area contributed by atoms with Crippen molar-refractivity contribution in [2.45, 2.75) is 31.1 Å². The van der Waals surface area contributed by atoms with Crippen LogP contribution in [0.5, 0.6) is 0 Å². The maximum atomic E-state index is 12.8. The molecule has 0 saturated heterocycles. The van der Waals surface area contributed by atoms with Gasteiger partial charge in [0.1, 0.15) is 6.04 Å². The van der Waals surface area contributed by atoms with Gasteiger partial charge in [0.15, 0.2) is 0 Å². The Morgan fingerprint density at radius 3 is 2.44 bits per heavy atom. The molecule has 98 valence electrons. The Labute approximate surface area is 102 Å². The lowest BCUT2D eigenvalue weighted by Crippen LogP contribution is -2.36. The quantitative estimate of drug-likeness (QED) is 0.867. The molecule has 0 heterocycles. The van der Waals surface area contributed by atoms with Crippen LogP contribution in [0, 0.1) is 0 Å². The van der Waals surface area contributed by atoms with Gasteiger partial charge in [0.25, 0.3) is 0 Å². The number of nitrogens with one attached hydrogen (secondary N) is 1. The number of alkyl halides is 3. The van der Waals surface area contributed by atoms with E-state index in [2.05, 4.69) is 5.32 Å². The van der Waals surface area contributed by atoms with E-state index < -0.39 is 23.7 Å². The van der Waals surface area contributed by atoms with Crippen molar-refractivity contribution in [2.24, 2.45) is 5.73 Å². The molecule has 1 saturated carbocycles. The summed E-state index contributed by atoms with van der Waals surface area (Å²) in [6.45, 7) is 0. The molecule has 1 aliphatic carbocycles. The highest BCUT2D eigenvalue weighted by Gasteiger charge is 2.37. The molecular weight excluding hydrogens is 245 g/mol. The van der Waals surface area contributed by atoms with Crippen molar-refractivity contribution in [2.75, 3.05) is 0 Å². The standard InChI is InChI=1S/C12H13F3N2O/c13-12(14,15)9-4-2-1-3-8(9)10(11(16)18)17-7-5-6-7/h1-4,7,10,17H,5-6H2,(H2,16,18). The Morgan fingerprint density at radius 1 is 1.33 bits per heavy atom. The topological polar surface area (TPSA) is 55.1 Å². The first-order valence-electron chi connectivity index (χ1n) is 5.61. The largest absolute Gasteiger partial charge is 0.416 e. The summed E-state index contributed by atoms with van der Waals surface area (Å²) >= 11 is 0. The Hall–Kier alpha value is -1.56. The van der Waals surface area contributed by atoms with E-state index >= 15 is 0 Å². The third-order valence-corrected chi connectivity index (χ3v) is 2.84. The highest BCUT2D eigenvalue weighted by atomic mass is 19.4. The van der Waals surface area contributed by atoms with Crippen LogP contribution in [0.25, 0.3) is 0 Å². The van der Waals surface area contributed by atoms with E-state index in [0.29, 0.717) is 0 Å². The number of nitrogens with two attached hydrogens (primary N) is 1. The van der Waals surface area contributed by atoms with Crippen molar-refractivity contribution in [1.29, 1.82) is 0 Å². The van der Waals surface area contributed by atoms with Gasteiger partial charge in [-0.15, -0.1) is 0 Å². The molecule has 1 aromatic rings. The first-order chi connectivity index (χ1) is 8.39. The van der Waals surface area contributed by atoms with Gasteiger partial charge < -0.3 is 5.73 Å². The zero-order valence-electron chi connectivity index (χ0n) is 9.50. The van der Waals surface area contributed by atoms with Crippen LogP contribution in [0.4, 0.5) is 13.2 Å². The van der Waals surface area contributed by atoms with Crippen LogP contribution in [-0.2, 0) is 11.0 Å². The van der Waals surface area contributed by atoms with E-state index in [1.54, 1.807) is 0 Å². The van der Waals surface area contributed by atoms with Crippen LogP contribution in [0.15, 0.2) is 24.3 Å². The summed E-state index contributed by atoms with van der Waals surface area (Å²) in [6, 6.07) is 4.00. The maximum Gasteiger partial charge on any atom is 0.416 e. The molecule has 1 amide bonds. The zero-order chi connectivity index (χ0) is 13.3. The molecule has 2 rings (SSSR count). The van der Waals surface area contributed by atoms with Crippen molar-refractivity contribution in [3.8, 4) is 0 Å². The molecule has 6 heteroatoms. The number of carbonyl (C=O) groups is 1. The zero-order valence-corrected chi connectivity index (χ0v) is 9.50. The average Bonchev–Trinajstić information content (AvgIpc) is 3.08. The molecule has 1 aliphatic rings. The molecule has 0 bridgehead atoms. The fraction of sp³-hybridized carbons (Fsp3) is 0.417. The lowest BCUT2D eigenvalue weighted by atomic mass is 9.99. The molecule has 0 spiro atoms. The Kier molecular flexibility index (Phi) is 3.30. The van der Waals surface area contributed by atoms with Gasteiger partial charge in [0.2, 0.25) is 5.91 Å². The molecule has 0 aromatic heterocycles. The minimum absolute atomic E-state index is 0.0868. The van der Waals surface area contributed by atoms with E-state index in [1.807, 2.05) is 0 Å². The number of carbonyl (C=O) groups excluding carboxylic acids is 1. The van der Waals surface area contributed by atoms with Gasteiger partial charge >= 0.3 is 6.18 Å². The van der Waals surface area contributed by atoms with Gasteiger partial charge in [-0.2, -0.15) is 13.2 Å². The van der Waals surface area contributed by atoms with E-state index in [4.69, 9.17) is 5.73 Å². The molecule has 1 aromatic carbocycles. The number of hydrogen-bond donors (Lipinski definition) is 2. The minimum atomic E-state index is -4.49. The number of halogens is 3. The maximum absolute atomic E-state index is 12.8. The average molecular weight is 258 g/mol. The fourth-order valence-corrected chi connectivity index (χ4v) is 1.82. The Balaban J connectivity index is 2.37. The van der Waals surface area contributed by atoms with E-state index in [9.17, 15) is 18.0 Å².